The lowest BCUT2D eigenvalue weighted by molar-refractivity contribution is 0.641. The van der Waals surface area contributed by atoms with Crippen molar-refractivity contribution in [2.45, 2.75) is 40.1 Å². The van der Waals surface area contributed by atoms with Crippen molar-refractivity contribution in [1.29, 1.82) is 0 Å². The molecule has 218 valence electrons. The van der Waals surface area contributed by atoms with Crippen LogP contribution in [0.3, 0.4) is 0 Å². The molecule has 7 rings (SSSR count). The molecule has 0 saturated carbocycles. The minimum Gasteiger partial charge on any atom is -0.323 e. The summed E-state index contributed by atoms with van der Waals surface area (Å²) in [5.74, 6) is 8.58. The van der Waals surface area contributed by atoms with Gasteiger partial charge in [0.05, 0.1) is 25.1 Å². The molecule has 0 unspecified atom stereocenters. The minimum absolute atomic E-state index is 0.560. The van der Waals surface area contributed by atoms with Gasteiger partial charge in [-0.15, -0.1) is 70.6 Å². The summed E-state index contributed by atoms with van der Waals surface area (Å²) in [7, 11) is 0. The monoisotopic (exact) mass is 664 g/mol. The number of hydrogen-bond acceptors (Lipinski definition) is 7. The maximum atomic E-state index is 5.47. The van der Waals surface area contributed by atoms with E-state index in [1.165, 1.54) is 73.6 Å². The van der Waals surface area contributed by atoms with Crippen molar-refractivity contribution in [3.8, 4) is 33.9 Å². The standard InChI is InChI=1S/C34H36N2S6/c1-2-3-16-36-30(24-6-12-27(13-7-24)33-39-19-20-40-33)29(23-4-10-26(11-5-23)32-37-17-18-38-32)35-31(36)25-8-14-28(15-9-25)34-41-21-22-42-34/h4-15,32-34H,2-3,16-22H2,1H3. The number of unbranched alkanes of at least 4 members (excludes halogenated alkanes) is 1. The number of imidazole rings is 1. The minimum atomic E-state index is 0.560. The van der Waals surface area contributed by atoms with Gasteiger partial charge in [0.1, 0.15) is 5.82 Å². The predicted molar refractivity (Wildman–Crippen MR) is 196 cm³/mol. The van der Waals surface area contributed by atoms with Gasteiger partial charge < -0.3 is 4.57 Å². The molecule has 3 fully saturated rings. The zero-order valence-corrected chi connectivity index (χ0v) is 28.8. The number of aromatic nitrogens is 2. The predicted octanol–water partition coefficient (Wildman–Crippen LogP) is 11.1. The number of hydrogen-bond donors (Lipinski definition) is 0. The number of nitrogens with zero attached hydrogens (tertiary/aromatic N) is 2. The topological polar surface area (TPSA) is 17.8 Å². The van der Waals surface area contributed by atoms with Crippen LogP contribution in [0, 0.1) is 0 Å². The molecule has 0 radical (unpaired) electrons. The molecule has 3 aromatic carbocycles. The number of rotatable bonds is 9. The average Bonchev–Trinajstić information content (AvgIpc) is 3.88. The van der Waals surface area contributed by atoms with Crippen LogP contribution in [0.2, 0.25) is 0 Å². The van der Waals surface area contributed by atoms with Crippen LogP contribution in [0.4, 0.5) is 0 Å². The molecule has 3 aliphatic heterocycles. The van der Waals surface area contributed by atoms with Gasteiger partial charge in [-0.2, -0.15) is 0 Å². The first-order valence-electron chi connectivity index (χ1n) is 14.9. The molecule has 2 nitrogen and oxygen atoms in total. The molecule has 0 N–H and O–H groups in total. The third-order valence-electron chi connectivity index (χ3n) is 7.92. The highest BCUT2D eigenvalue weighted by molar-refractivity contribution is 8.20. The highest BCUT2D eigenvalue weighted by Crippen LogP contribution is 2.48. The maximum absolute atomic E-state index is 5.47. The van der Waals surface area contributed by atoms with Crippen LogP contribution >= 0.6 is 70.6 Å². The second kappa shape index (κ2) is 13.9. The largest absolute Gasteiger partial charge is 0.323 e. The van der Waals surface area contributed by atoms with E-state index >= 15 is 0 Å². The van der Waals surface area contributed by atoms with Crippen molar-refractivity contribution in [1.82, 2.24) is 9.55 Å². The first kappa shape index (κ1) is 29.7. The molecular weight excluding hydrogens is 629 g/mol. The lowest BCUT2D eigenvalue weighted by atomic mass is 10.0. The summed E-state index contributed by atoms with van der Waals surface area (Å²) < 4.78 is 4.20. The van der Waals surface area contributed by atoms with Gasteiger partial charge in [-0.3, -0.25) is 0 Å². The summed E-state index contributed by atoms with van der Waals surface area (Å²) in [5, 5.41) is 0. The second-order valence-corrected chi connectivity index (χ2v) is 18.9. The molecule has 3 saturated heterocycles. The Bertz CT molecular complexity index is 1460. The fourth-order valence-electron chi connectivity index (χ4n) is 5.74. The highest BCUT2D eigenvalue weighted by Gasteiger charge is 2.25. The molecule has 42 heavy (non-hydrogen) atoms. The van der Waals surface area contributed by atoms with Crippen molar-refractivity contribution in [3.05, 3.63) is 89.5 Å². The van der Waals surface area contributed by atoms with E-state index in [0.717, 1.165) is 30.9 Å². The van der Waals surface area contributed by atoms with Gasteiger partial charge in [0.15, 0.2) is 0 Å². The summed E-state index contributed by atoms with van der Waals surface area (Å²) in [5.41, 5.74) is 10.3. The van der Waals surface area contributed by atoms with Crippen LogP contribution in [0.25, 0.3) is 33.9 Å². The van der Waals surface area contributed by atoms with E-state index < -0.39 is 0 Å². The van der Waals surface area contributed by atoms with Gasteiger partial charge in [0.25, 0.3) is 0 Å². The second-order valence-electron chi connectivity index (χ2n) is 10.7. The Morgan fingerprint density at radius 2 is 0.976 bits per heavy atom. The molecule has 4 aromatic rings. The lowest BCUT2D eigenvalue weighted by Crippen LogP contribution is -2.03. The Hall–Kier alpha value is -1.03. The fraction of sp³-hybridized carbons (Fsp3) is 0.382. The van der Waals surface area contributed by atoms with Gasteiger partial charge in [-0.05, 0) is 23.1 Å². The summed E-state index contributed by atoms with van der Waals surface area (Å²) in [4.78, 5) is 5.47. The van der Waals surface area contributed by atoms with E-state index in [9.17, 15) is 0 Å². The van der Waals surface area contributed by atoms with Crippen molar-refractivity contribution in [3.63, 3.8) is 0 Å². The normalized spacial score (nSPS) is 18.4. The van der Waals surface area contributed by atoms with Crippen LogP contribution in [-0.2, 0) is 6.54 Å². The van der Waals surface area contributed by atoms with E-state index in [0.29, 0.717) is 13.7 Å². The van der Waals surface area contributed by atoms with Crippen molar-refractivity contribution in [2.24, 2.45) is 0 Å². The molecule has 0 aliphatic carbocycles. The Kier molecular flexibility index (Phi) is 9.85. The molecule has 0 bridgehead atoms. The summed E-state index contributed by atoms with van der Waals surface area (Å²) in [6.07, 6.45) is 2.29. The van der Waals surface area contributed by atoms with E-state index in [4.69, 9.17) is 4.98 Å². The molecule has 0 amide bonds. The Morgan fingerprint density at radius 1 is 0.571 bits per heavy atom. The average molecular weight is 665 g/mol. The van der Waals surface area contributed by atoms with E-state index in [-0.39, 0.29) is 0 Å². The smallest absolute Gasteiger partial charge is 0.141 e. The quantitative estimate of drug-likeness (QED) is 0.175. The Labute approximate surface area is 276 Å². The van der Waals surface area contributed by atoms with Gasteiger partial charge in [-0.1, -0.05) is 86.1 Å². The maximum Gasteiger partial charge on any atom is 0.141 e. The fourth-order valence-corrected chi connectivity index (χ4v) is 14.3. The van der Waals surface area contributed by atoms with Crippen LogP contribution < -0.4 is 0 Å². The third kappa shape index (κ3) is 6.36. The van der Waals surface area contributed by atoms with E-state index in [1.54, 1.807) is 0 Å². The molecule has 3 aliphatic rings. The van der Waals surface area contributed by atoms with E-state index in [1.807, 2.05) is 0 Å². The highest BCUT2D eigenvalue weighted by atomic mass is 32.2. The Balaban J connectivity index is 1.32. The molecule has 1 aromatic heterocycles. The van der Waals surface area contributed by atoms with Gasteiger partial charge in [0, 0.05) is 57.8 Å². The van der Waals surface area contributed by atoms with Gasteiger partial charge >= 0.3 is 0 Å². The lowest BCUT2D eigenvalue weighted by Gasteiger charge is -2.15. The zero-order chi connectivity index (χ0) is 28.3. The zero-order valence-electron chi connectivity index (χ0n) is 23.9. The van der Waals surface area contributed by atoms with Crippen LogP contribution in [0.5, 0.6) is 0 Å². The van der Waals surface area contributed by atoms with Gasteiger partial charge in [0.2, 0.25) is 0 Å². The van der Waals surface area contributed by atoms with E-state index in [2.05, 4.69) is 155 Å². The number of thioether (sulfide) groups is 6. The van der Waals surface area contributed by atoms with Gasteiger partial charge in [-0.25, -0.2) is 4.98 Å². The van der Waals surface area contributed by atoms with Crippen LogP contribution in [0.1, 0.15) is 50.2 Å². The first-order chi connectivity index (χ1) is 20.8. The molecular formula is C34H36N2S6. The molecule has 0 spiro atoms. The summed E-state index contributed by atoms with van der Waals surface area (Å²) in [6, 6.07) is 28.0. The van der Waals surface area contributed by atoms with Crippen LogP contribution in [-0.4, -0.2) is 44.1 Å². The third-order valence-corrected chi connectivity index (χ3v) is 17.2. The molecule has 4 heterocycles. The Morgan fingerprint density at radius 3 is 1.40 bits per heavy atom. The molecule has 8 heteroatoms. The first-order valence-corrected chi connectivity index (χ1v) is 21.2. The van der Waals surface area contributed by atoms with Crippen molar-refractivity contribution < 1.29 is 0 Å². The SMILES string of the molecule is CCCCn1c(-c2ccc(C3SCCS3)cc2)nc(-c2ccc(C3SCCS3)cc2)c1-c1ccc(C2SCCS2)cc1. The summed E-state index contributed by atoms with van der Waals surface area (Å²) in [6.45, 7) is 3.25. The molecule has 0 atom stereocenters. The van der Waals surface area contributed by atoms with Crippen molar-refractivity contribution in [2.75, 3.05) is 34.5 Å². The number of benzene rings is 3. The summed E-state index contributed by atoms with van der Waals surface area (Å²) >= 11 is 12.4. The van der Waals surface area contributed by atoms with Crippen molar-refractivity contribution >= 4 is 70.6 Å². The van der Waals surface area contributed by atoms with Crippen LogP contribution in [0.15, 0.2) is 72.8 Å².